The van der Waals surface area contributed by atoms with Gasteiger partial charge in [-0.1, -0.05) is 25.0 Å². The molecule has 1 aliphatic carbocycles. The third-order valence-electron chi connectivity index (χ3n) is 5.38. The smallest absolute Gasteiger partial charge is 0.279 e. The molecular formula is C18H27ClN6OS. The molecule has 1 unspecified atom stereocenters. The van der Waals surface area contributed by atoms with Crippen LogP contribution in [0.15, 0.2) is 6.20 Å². The van der Waals surface area contributed by atoms with E-state index >= 15 is 0 Å². The number of fused-ring (bicyclic) bond motifs is 1. The molecule has 0 radical (unpaired) electrons. The molecule has 9 heteroatoms. The van der Waals surface area contributed by atoms with Gasteiger partial charge in [-0.3, -0.25) is 10.1 Å². The summed E-state index contributed by atoms with van der Waals surface area (Å²) >= 11 is 1.62. The average molecular weight is 411 g/mol. The summed E-state index contributed by atoms with van der Waals surface area (Å²) in [5.74, 6) is 0.544. The van der Waals surface area contributed by atoms with Gasteiger partial charge in [0.15, 0.2) is 10.8 Å². The lowest BCUT2D eigenvalue weighted by Gasteiger charge is -2.21. The Morgan fingerprint density at radius 2 is 2.19 bits per heavy atom. The first-order valence-corrected chi connectivity index (χ1v) is 10.5. The van der Waals surface area contributed by atoms with Gasteiger partial charge in [-0.25, -0.2) is 9.67 Å². The normalized spacial score (nSPS) is 20.0. The number of hydrogen-bond acceptors (Lipinski definition) is 6. The summed E-state index contributed by atoms with van der Waals surface area (Å²) in [5, 5.41) is 15.2. The van der Waals surface area contributed by atoms with E-state index in [1.165, 1.54) is 24.1 Å². The zero-order valence-electron chi connectivity index (χ0n) is 15.6. The first kappa shape index (κ1) is 20.2. The fourth-order valence-electron chi connectivity index (χ4n) is 3.94. The molecule has 0 aromatic carbocycles. The highest BCUT2D eigenvalue weighted by molar-refractivity contribution is 7.15. The molecule has 1 saturated heterocycles. The van der Waals surface area contributed by atoms with E-state index in [-0.39, 0.29) is 18.3 Å². The molecule has 27 heavy (non-hydrogen) atoms. The van der Waals surface area contributed by atoms with Crippen LogP contribution in [0.3, 0.4) is 0 Å². The molecule has 2 aliphatic rings. The molecule has 1 atom stereocenters. The van der Waals surface area contributed by atoms with E-state index in [1.807, 2.05) is 4.68 Å². The van der Waals surface area contributed by atoms with Crippen molar-refractivity contribution in [2.75, 3.05) is 18.4 Å². The quantitative estimate of drug-likeness (QED) is 0.790. The Balaban J connectivity index is 0.00000210. The van der Waals surface area contributed by atoms with Crippen molar-refractivity contribution in [3.05, 3.63) is 22.5 Å². The Bertz CT molecular complexity index is 770. The highest BCUT2D eigenvalue weighted by Crippen LogP contribution is 2.34. The van der Waals surface area contributed by atoms with Crippen LogP contribution in [-0.4, -0.2) is 39.0 Å². The number of nitrogens with zero attached hydrogens (tertiary/aromatic N) is 4. The van der Waals surface area contributed by atoms with Gasteiger partial charge in [-0.15, -0.1) is 28.8 Å². The van der Waals surface area contributed by atoms with E-state index < -0.39 is 0 Å². The molecule has 3 heterocycles. The largest absolute Gasteiger partial charge is 0.317 e. The van der Waals surface area contributed by atoms with Crippen molar-refractivity contribution >= 4 is 34.8 Å². The number of halogens is 1. The average Bonchev–Trinajstić information content (AvgIpc) is 3.29. The molecule has 0 saturated carbocycles. The SMILES string of the molecule is CCCC1CCc2nc(NC(=O)c3cn(C4CCNCC4)nn3)sc2C1.Cl. The number of anilines is 1. The van der Waals surface area contributed by atoms with Crippen LogP contribution in [0.4, 0.5) is 5.13 Å². The third-order valence-corrected chi connectivity index (χ3v) is 6.42. The van der Waals surface area contributed by atoms with Crippen molar-refractivity contribution in [1.82, 2.24) is 25.3 Å². The fourth-order valence-corrected chi connectivity index (χ4v) is 5.06. The number of rotatable bonds is 5. The number of piperidine rings is 1. The van der Waals surface area contributed by atoms with Crippen molar-refractivity contribution in [2.24, 2.45) is 5.92 Å². The molecule has 1 aliphatic heterocycles. The lowest BCUT2D eigenvalue weighted by molar-refractivity contribution is 0.102. The Morgan fingerprint density at radius 3 is 2.96 bits per heavy atom. The van der Waals surface area contributed by atoms with E-state index in [0.717, 1.165) is 50.4 Å². The van der Waals surface area contributed by atoms with Crippen molar-refractivity contribution in [1.29, 1.82) is 0 Å². The Labute approximate surface area is 169 Å². The molecule has 7 nitrogen and oxygen atoms in total. The summed E-state index contributed by atoms with van der Waals surface area (Å²) in [6.07, 6.45) is 9.64. The number of carbonyl (C=O) groups excluding carboxylic acids is 1. The topological polar surface area (TPSA) is 84.7 Å². The van der Waals surface area contributed by atoms with Crippen LogP contribution in [0, 0.1) is 5.92 Å². The van der Waals surface area contributed by atoms with Crippen molar-refractivity contribution < 1.29 is 4.79 Å². The van der Waals surface area contributed by atoms with E-state index in [9.17, 15) is 4.79 Å². The summed E-state index contributed by atoms with van der Waals surface area (Å²) in [6.45, 7) is 4.20. The van der Waals surface area contributed by atoms with Crippen LogP contribution in [0.5, 0.6) is 0 Å². The first-order valence-electron chi connectivity index (χ1n) is 9.65. The summed E-state index contributed by atoms with van der Waals surface area (Å²) in [7, 11) is 0. The van der Waals surface area contributed by atoms with Crippen LogP contribution in [-0.2, 0) is 12.8 Å². The number of hydrogen-bond donors (Lipinski definition) is 2. The molecular weight excluding hydrogens is 384 g/mol. The van der Waals surface area contributed by atoms with E-state index in [0.29, 0.717) is 16.9 Å². The number of thiazole rings is 1. The first-order chi connectivity index (χ1) is 12.7. The Morgan fingerprint density at radius 1 is 1.37 bits per heavy atom. The monoisotopic (exact) mass is 410 g/mol. The van der Waals surface area contributed by atoms with Gasteiger partial charge >= 0.3 is 0 Å². The van der Waals surface area contributed by atoms with Crippen LogP contribution < -0.4 is 10.6 Å². The fraction of sp³-hybridized carbons (Fsp3) is 0.667. The van der Waals surface area contributed by atoms with E-state index in [4.69, 9.17) is 0 Å². The van der Waals surface area contributed by atoms with Crippen LogP contribution >= 0.6 is 23.7 Å². The van der Waals surface area contributed by atoms with Gasteiger partial charge < -0.3 is 5.32 Å². The second-order valence-electron chi connectivity index (χ2n) is 7.31. The maximum atomic E-state index is 12.5. The molecule has 2 aromatic rings. The lowest BCUT2D eigenvalue weighted by atomic mass is 9.88. The number of carbonyl (C=O) groups is 1. The minimum Gasteiger partial charge on any atom is -0.317 e. The molecule has 1 fully saturated rings. The molecule has 2 aromatic heterocycles. The highest BCUT2D eigenvalue weighted by atomic mass is 35.5. The maximum Gasteiger partial charge on any atom is 0.279 e. The Kier molecular flexibility index (Phi) is 6.83. The summed E-state index contributed by atoms with van der Waals surface area (Å²) in [4.78, 5) is 18.5. The molecule has 2 N–H and O–H groups in total. The van der Waals surface area contributed by atoms with Crippen LogP contribution in [0.1, 0.15) is 66.1 Å². The Hall–Kier alpha value is -1.51. The van der Waals surface area contributed by atoms with Crippen LogP contribution in [0.25, 0.3) is 0 Å². The zero-order chi connectivity index (χ0) is 17.9. The van der Waals surface area contributed by atoms with E-state index in [1.54, 1.807) is 17.5 Å². The minimum absolute atomic E-state index is 0. The molecule has 0 bridgehead atoms. The van der Waals surface area contributed by atoms with Gasteiger partial charge in [0.1, 0.15) is 0 Å². The van der Waals surface area contributed by atoms with Crippen molar-refractivity contribution in [2.45, 2.75) is 57.9 Å². The van der Waals surface area contributed by atoms with E-state index in [2.05, 4.69) is 32.9 Å². The lowest BCUT2D eigenvalue weighted by Crippen LogP contribution is -2.29. The summed E-state index contributed by atoms with van der Waals surface area (Å²) in [6, 6.07) is 0.327. The number of nitrogens with one attached hydrogen (secondary N) is 2. The van der Waals surface area contributed by atoms with Gasteiger partial charge in [0.2, 0.25) is 0 Å². The molecule has 148 valence electrons. The zero-order valence-corrected chi connectivity index (χ0v) is 17.2. The van der Waals surface area contributed by atoms with Crippen molar-refractivity contribution in [3.63, 3.8) is 0 Å². The van der Waals surface area contributed by atoms with Crippen LogP contribution in [0.2, 0.25) is 0 Å². The molecule has 4 rings (SSSR count). The third kappa shape index (κ3) is 4.67. The second kappa shape index (κ2) is 9.12. The van der Waals surface area contributed by atoms with Gasteiger partial charge in [0, 0.05) is 4.88 Å². The molecule has 1 amide bonds. The second-order valence-corrected chi connectivity index (χ2v) is 8.39. The van der Waals surface area contributed by atoms with Crippen molar-refractivity contribution in [3.8, 4) is 0 Å². The predicted molar refractivity (Wildman–Crippen MR) is 109 cm³/mol. The number of amides is 1. The standard InChI is InChI=1S/C18H26N6OS.ClH/c1-2-3-12-4-5-14-16(10-12)26-18(20-14)21-17(25)15-11-24(23-22-15)13-6-8-19-9-7-13;/h11-13,19H,2-10H2,1H3,(H,20,21,25);1H. The van der Waals surface area contributed by atoms with Gasteiger partial charge in [0.25, 0.3) is 5.91 Å². The minimum atomic E-state index is -0.221. The highest BCUT2D eigenvalue weighted by Gasteiger charge is 2.24. The predicted octanol–water partition coefficient (Wildman–Crippen LogP) is 3.24. The number of aryl methyl sites for hydroxylation is 1. The summed E-state index contributed by atoms with van der Waals surface area (Å²) < 4.78 is 1.83. The maximum absolute atomic E-state index is 12.5. The summed E-state index contributed by atoms with van der Waals surface area (Å²) in [5.41, 5.74) is 1.52. The number of aromatic nitrogens is 4. The van der Waals surface area contributed by atoms with Gasteiger partial charge in [-0.05, 0) is 51.1 Å². The molecule has 0 spiro atoms. The van der Waals surface area contributed by atoms with Gasteiger partial charge in [0.05, 0.1) is 17.9 Å². The van der Waals surface area contributed by atoms with Gasteiger partial charge in [-0.2, -0.15) is 0 Å².